The van der Waals surface area contributed by atoms with Crippen molar-refractivity contribution in [2.75, 3.05) is 13.2 Å². The van der Waals surface area contributed by atoms with E-state index in [1.165, 1.54) is 6.07 Å². The van der Waals surface area contributed by atoms with Crippen molar-refractivity contribution in [3.8, 4) is 5.75 Å². The lowest BCUT2D eigenvalue weighted by Gasteiger charge is -2.39. The van der Waals surface area contributed by atoms with Gasteiger partial charge in [-0.05, 0) is 86.8 Å². The van der Waals surface area contributed by atoms with Crippen molar-refractivity contribution < 1.29 is 49.3 Å². The van der Waals surface area contributed by atoms with Crippen LogP contribution in [0.2, 0.25) is 0 Å². The molecule has 0 bridgehead atoms. The van der Waals surface area contributed by atoms with Crippen LogP contribution in [0.3, 0.4) is 0 Å². The maximum atomic E-state index is 15.1. The SMILES string of the molecule is CC1COC(c2ccc(C3CCC(C4CCC(C(F)(F)Oc5cc(F)c(/C=C/C(F)(F)F)c(F)c5)CC4)CC3)c(F)c2)OC1. The smallest absolute Gasteiger partial charge is 0.409 e. The van der Waals surface area contributed by atoms with Gasteiger partial charge >= 0.3 is 12.3 Å². The first kappa shape index (κ1) is 32.7. The summed E-state index contributed by atoms with van der Waals surface area (Å²) >= 11 is 0. The number of rotatable bonds is 7. The van der Waals surface area contributed by atoms with E-state index in [-0.39, 0.29) is 42.6 Å². The summed E-state index contributed by atoms with van der Waals surface area (Å²) in [6.07, 6.45) is -4.42. The molecule has 1 heterocycles. The topological polar surface area (TPSA) is 27.7 Å². The Bertz CT molecular complexity index is 1280. The second-order valence-corrected chi connectivity index (χ2v) is 12.4. The first-order valence-electron chi connectivity index (χ1n) is 15.1. The summed E-state index contributed by atoms with van der Waals surface area (Å²) in [6, 6.07) is 6.10. The van der Waals surface area contributed by atoms with Crippen molar-refractivity contribution >= 4 is 6.08 Å². The van der Waals surface area contributed by atoms with Crippen LogP contribution in [0, 0.1) is 41.1 Å². The van der Waals surface area contributed by atoms with E-state index in [2.05, 4.69) is 0 Å². The summed E-state index contributed by atoms with van der Waals surface area (Å²) < 4.78 is 127. The molecule has 3 aliphatic rings. The Balaban J connectivity index is 1.11. The quantitative estimate of drug-likeness (QED) is 0.285. The average molecular weight is 633 g/mol. The van der Waals surface area contributed by atoms with E-state index in [9.17, 15) is 30.7 Å². The van der Waals surface area contributed by atoms with Gasteiger partial charge in [0.2, 0.25) is 0 Å². The maximum absolute atomic E-state index is 15.1. The molecule has 2 aliphatic carbocycles. The molecule has 3 nitrogen and oxygen atoms in total. The van der Waals surface area contributed by atoms with Gasteiger partial charge in [0.05, 0.1) is 19.1 Å². The van der Waals surface area contributed by atoms with Crippen LogP contribution in [0.15, 0.2) is 36.4 Å². The molecular formula is C33H36F8O3. The molecule has 2 aromatic rings. The zero-order chi connectivity index (χ0) is 31.6. The molecule has 242 valence electrons. The van der Waals surface area contributed by atoms with E-state index in [1.807, 2.05) is 19.1 Å². The number of hydrogen-bond acceptors (Lipinski definition) is 3. The molecule has 0 aromatic heterocycles. The second kappa shape index (κ2) is 13.4. The third-order valence-electron chi connectivity index (χ3n) is 9.23. The standard InChI is InChI=1S/C33H36F8O3/c1-19-17-42-31(43-18-19)23-8-11-26(28(34)14-23)22-4-2-20(3-5-22)21-6-9-24(10-7-21)33(40,41)44-25-15-29(35)27(30(36)16-25)12-13-32(37,38)39/h8,11-16,19-22,24,31H,2-7,9-10,17-18H2,1H3/b13-12+. The van der Waals surface area contributed by atoms with Crippen LogP contribution in [0.25, 0.3) is 6.08 Å². The molecule has 11 heteroatoms. The predicted octanol–water partition coefficient (Wildman–Crippen LogP) is 10.1. The molecule has 0 amide bonds. The molecule has 0 radical (unpaired) electrons. The molecule has 3 fully saturated rings. The molecule has 5 rings (SSSR count). The van der Waals surface area contributed by atoms with Gasteiger partial charge in [-0.1, -0.05) is 19.1 Å². The molecule has 44 heavy (non-hydrogen) atoms. The fourth-order valence-electron chi connectivity index (χ4n) is 6.84. The van der Waals surface area contributed by atoms with E-state index < -0.39 is 47.4 Å². The van der Waals surface area contributed by atoms with Gasteiger partial charge < -0.3 is 14.2 Å². The Morgan fingerprint density at radius 1 is 0.750 bits per heavy atom. The number of hydrogen-bond donors (Lipinski definition) is 0. The maximum Gasteiger partial charge on any atom is 0.409 e. The monoisotopic (exact) mass is 632 g/mol. The molecule has 0 N–H and O–H groups in total. The highest BCUT2D eigenvalue weighted by atomic mass is 19.4. The van der Waals surface area contributed by atoms with Crippen LogP contribution < -0.4 is 4.74 Å². The summed E-state index contributed by atoms with van der Waals surface area (Å²) in [6.45, 7) is 3.15. The van der Waals surface area contributed by atoms with Gasteiger partial charge in [0.15, 0.2) is 6.29 Å². The molecule has 2 aromatic carbocycles. The predicted molar refractivity (Wildman–Crippen MR) is 147 cm³/mol. The average Bonchev–Trinajstić information content (AvgIpc) is 2.96. The van der Waals surface area contributed by atoms with E-state index in [4.69, 9.17) is 14.2 Å². The Morgan fingerprint density at radius 2 is 1.32 bits per heavy atom. The van der Waals surface area contributed by atoms with Crippen molar-refractivity contribution in [3.63, 3.8) is 0 Å². The molecule has 0 unspecified atom stereocenters. The molecule has 1 saturated heterocycles. The number of alkyl halides is 5. The first-order valence-corrected chi connectivity index (χ1v) is 15.1. The Hall–Kier alpha value is -2.66. The minimum atomic E-state index is -4.79. The second-order valence-electron chi connectivity index (χ2n) is 12.4. The summed E-state index contributed by atoms with van der Waals surface area (Å²) in [5.41, 5.74) is 0.343. The molecule has 2 saturated carbocycles. The minimum Gasteiger partial charge on any atom is -0.432 e. The Labute approximate surface area is 251 Å². The van der Waals surface area contributed by atoms with Crippen LogP contribution in [0.4, 0.5) is 35.1 Å². The fraction of sp³-hybridized carbons (Fsp3) is 0.576. The summed E-state index contributed by atoms with van der Waals surface area (Å²) in [4.78, 5) is 0. The van der Waals surface area contributed by atoms with Gasteiger partial charge in [0.25, 0.3) is 0 Å². The van der Waals surface area contributed by atoms with Gasteiger partial charge in [0.1, 0.15) is 23.2 Å². The molecule has 1 aliphatic heterocycles. The van der Waals surface area contributed by atoms with Crippen LogP contribution >= 0.6 is 0 Å². The van der Waals surface area contributed by atoms with Gasteiger partial charge in [-0.25, -0.2) is 13.2 Å². The first-order chi connectivity index (χ1) is 20.8. The van der Waals surface area contributed by atoms with Crippen molar-refractivity contribution in [1.82, 2.24) is 0 Å². The third kappa shape index (κ3) is 7.94. The lowest BCUT2D eigenvalue weighted by atomic mass is 9.68. The summed E-state index contributed by atoms with van der Waals surface area (Å²) in [5, 5.41) is 0. The van der Waals surface area contributed by atoms with E-state index in [0.29, 0.717) is 61.2 Å². The minimum absolute atomic E-state index is 0.0821. The molecule has 0 atom stereocenters. The molecular weight excluding hydrogens is 596 g/mol. The van der Waals surface area contributed by atoms with Crippen LogP contribution in [-0.4, -0.2) is 25.5 Å². The number of benzene rings is 2. The zero-order valence-electron chi connectivity index (χ0n) is 24.3. The van der Waals surface area contributed by atoms with Gasteiger partial charge in [-0.2, -0.15) is 22.0 Å². The molecule has 0 spiro atoms. The van der Waals surface area contributed by atoms with E-state index in [1.54, 1.807) is 0 Å². The Morgan fingerprint density at radius 3 is 1.86 bits per heavy atom. The highest BCUT2D eigenvalue weighted by Gasteiger charge is 2.45. The van der Waals surface area contributed by atoms with Crippen LogP contribution in [0.1, 0.15) is 87.2 Å². The van der Waals surface area contributed by atoms with Crippen molar-refractivity contribution in [2.24, 2.45) is 23.7 Å². The largest absolute Gasteiger partial charge is 0.432 e. The zero-order valence-corrected chi connectivity index (χ0v) is 24.3. The highest BCUT2D eigenvalue weighted by molar-refractivity contribution is 5.53. The third-order valence-corrected chi connectivity index (χ3v) is 9.23. The van der Waals surface area contributed by atoms with Gasteiger partial charge in [0, 0.05) is 35.3 Å². The summed E-state index contributed by atoms with van der Waals surface area (Å²) in [7, 11) is 0. The van der Waals surface area contributed by atoms with Crippen molar-refractivity contribution in [3.05, 3.63) is 70.5 Å². The van der Waals surface area contributed by atoms with Crippen LogP contribution in [0.5, 0.6) is 5.75 Å². The number of allylic oxidation sites excluding steroid dienone is 1. The summed E-state index contributed by atoms with van der Waals surface area (Å²) in [5.74, 6) is -4.13. The number of ether oxygens (including phenoxy) is 3. The van der Waals surface area contributed by atoms with Crippen molar-refractivity contribution in [1.29, 1.82) is 0 Å². The van der Waals surface area contributed by atoms with E-state index >= 15 is 4.39 Å². The number of halogens is 8. The van der Waals surface area contributed by atoms with E-state index in [0.717, 1.165) is 25.7 Å². The van der Waals surface area contributed by atoms with Crippen LogP contribution in [-0.2, 0) is 9.47 Å². The van der Waals surface area contributed by atoms with Gasteiger partial charge in [-0.3, -0.25) is 0 Å². The fourth-order valence-corrected chi connectivity index (χ4v) is 6.84. The van der Waals surface area contributed by atoms with Crippen molar-refractivity contribution in [2.45, 2.75) is 82.8 Å². The Kier molecular flexibility index (Phi) is 9.94. The lowest BCUT2D eigenvalue weighted by molar-refractivity contribution is -0.224. The normalized spacial score (nSPS) is 28.8. The lowest BCUT2D eigenvalue weighted by Crippen LogP contribution is -2.38. The highest BCUT2D eigenvalue weighted by Crippen LogP contribution is 2.47. The van der Waals surface area contributed by atoms with Gasteiger partial charge in [-0.15, -0.1) is 0 Å².